The van der Waals surface area contributed by atoms with E-state index in [0.717, 1.165) is 18.4 Å². The molecular weight excluding hydrogens is 256 g/mol. The molecule has 2 atom stereocenters. The van der Waals surface area contributed by atoms with Crippen LogP contribution >= 0.6 is 0 Å². The van der Waals surface area contributed by atoms with Crippen molar-refractivity contribution in [2.45, 2.75) is 81.3 Å². The van der Waals surface area contributed by atoms with Gasteiger partial charge in [0.15, 0.2) is 0 Å². The van der Waals surface area contributed by atoms with Gasteiger partial charge in [-0.1, -0.05) is 27.7 Å². The zero-order chi connectivity index (χ0) is 16.5. The number of hydrogen-bond donors (Lipinski definition) is 1. The Morgan fingerprint density at radius 2 is 1.19 bits per heavy atom. The maximum absolute atomic E-state index is 10.8. The molecule has 1 rings (SSSR count). The topological polar surface area (TPSA) is 20.2 Å². The van der Waals surface area contributed by atoms with E-state index in [0.29, 0.717) is 11.3 Å². The Labute approximate surface area is 131 Å². The molecule has 0 aliphatic rings. The third kappa shape index (κ3) is 4.32. The summed E-state index contributed by atoms with van der Waals surface area (Å²) in [6, 6.07) is 0. The standard InChI is InChI=1S/C20H34O/c1-12(11-20(7,8)9)10-18(21)19-16(5)14(3)13(2)15(4)17(19)6/h12,18,21H,10-11H2,1-9H3. The first-order valence-corrected chi connectivity index (χ1v) is 8.20. The lowest BCUT2D eigenvalue weighted by atomic mass is 9.80. The van der Waals surface area contributed by atoms with Crippen LogP contribution in [-0.2, 0) is 0 Å². The number of aliphatic hydroxyl groups is 1. The van der Waals surface area contributed by atoms with Gasteiger partial charge in [-0.3, -0.25) is 0 Å². The van der Waals surface area contributed by atoms with Crippen LogP contribution in [0, 0.1) is 46.0 Å². The second-order valence-electron chi connectivity index (χ2n) is 8.16. The van der Waals surface area contributed by atoms with Crippen molar-refractivity contribution in [1.82, 2.24) is 0 Å². The third-order valence-electron chi connectivity index (χ3n) is 4.98. The molecule has 2 unspecified atom stereocenters. The summed E-state index contributed by atoms with van der Waals surface area (Å²) in [5.41, 5.74) is 8.05. The Balaban J connectivity index is 3.06. The fraction of sp³-hybridized carbons (Fsp3) is 0.700. The van der Waals surface area contributed by atoms with Crippen LogP contribution in [0.5, 0.6) is 0 Å². The van der Waals surface area contributed by atoms with Crippen molar-refractivity contribution in [3.8, 4) is 0 Å². The van der Waals surface area contributed by atoms with Gasteiger partial charge in [0.1, 0.15) is 0 Å². The van der Waals surface area contributed by atoms with Crippen molar-refractivity contribution < 1.29 is 5.11 Å². The van der Waals surface area contributed by atoms with E-state index >= 15 is 0 Å². The Morgan fingerprint density at radius 3 is 1.57 bits per heavy atom. The van der Waals surface area contributed by atoms with E-state index in [-0.39, 0.29) is 6.10 Å². The number of benzene rings is 1. The van der Waals surface area contributed by atoms with Gasteiger partial charge in [0, 0.05) is 0 Å². The highest BCUT2D eigenvalue weighted by molar-refractivity contribution is 5.50. The predicted octanol–water partition coefficient (Wildman–Crippen LogP) is 5.72. The van der Waals surface area contributed by atoms with E-state index in [1.54, 1.807) is 0 Å². The predicted molar refractivity (Wildman–Crippen MR) is 92.9 cm³/mol. The molecule has 1 aromatic carbocycles. The average molecular weight is 290 g/mol. The van der Waals surface area contributed by atoms with Crippen molar-refractivity contribution >= 4 is 0 Å². The quantitative estimate of drug-likeness (QED) is 0.751. The molecule has 1 nitrogen and oxygen atoms in total. The Kier molecular flexibility index (Phi) is 5.66. The first-order valence-electron chi connectivity index (χ1n) is 8.20. The van der Waals surface area contributed by atoms with E-state index in [9.17, 15) is 5.11 Å². The summed E-state index contributed by atoms with van der Waals surface area (Å²) in [6.45, 7) is 19.9. The molecule has 0 fully saturated rings. The lowest BCUT2D eigenvalue weighted by molar-refractivity contribution is 0.132. The minimum Gasteiger partial charge on any atom is -0.388 e. The molecule has 0 radical (unpaired) electrons. The molecule has 0 aliphatic heterocycles. The van der Waals surface area contributed by atoms with Gasteiger partial charge in [0.05, 0.1) is 6.10 Å². The molecule has 1 heteroatoms. The van der Waals surface area contributed by atoms with E-state index in [1.807, 2.05) is 0 Å². The summed E-state index contributed by atoms with van der Waals surface area (Å²) in [5.74, 6) is 0.528. The van der Waals surface area contributed by atoms with E-state index in [2.05, 4.69) is 62.3 Å². The van der Waals surface area contributed by atoms with Crippen LogP contribution in [0.25, 0.3) is 0 Å². The summed E-state index contributed by atoms with van der Waals surface area (Å²) in [6.07, 6.45) is 1.65. The number of rotatable bonds is 4. The maximum Gasteiger partial charge on any atom is 0.0797 e. The van der Waals surface area contributed by atoms with Gasteiger partial charge in [-0.2, -0.15) is 0 Å². The molecule has 1 N–H and O–H groups in total. The van der Waals surface area contributed by atoms with Gasteiger partial charge in [-0.15, -0.1) is 0 Å². The van der Waals surface area contributed by atoms with Gasteiger partial charge in [-0.05, 0) is 92.2 Å². The maximum atomic E-state index is 10.8. The summed E-state index contributed by atoms with van der Waals surface area (Å²) < 4.78 is 0. The van der Waals surface area contributed by atoms with E-state index in [1.165, 1.54) is 27.8 Å². The van der Waals surface area contributed by atoms with Crippen LogP contribution in [0.3, 0.4) is 0 Å². The summed E-state index contributed by atoms with van der Waals surface area (Å²) in [4.78, 5) is 0. The van der Waals surface area contributed by atoms with Crippen molar-refractivity contribution in [2.24, 2.45) is 11.3 Å². The van der Waals surface area contributed by atoms with Gasteiger partial charge in [-0.25, -0.2) is 0 Å². The van der Waals surface area contributed by atoms with Crippen LogP contribution in [0.15, 0.2) is 0 Å². The summed E-state index contributed by atoms with van der Waals surface area (Å²) in [5, 5.41) is 10.8. The molecule has 0 aliphatic carbocycles. The molecule has 21 heavy (non-hydrogen) atoms. The Morgan fingerprint density at radius 1 is 0.810 bits per heavy atom. The zero-order valence-corrected chi connectivity index (χ0v) is 15.5. The van der Waals surface area contributed by atoms with Gasteiger partial charge < -0.3 is 5.11 Å². The fourth-order valence-electron chi connectivity index (χ4n) is 3.66. The molecule has 1 aromatic rings. The zero-order valence-electron chi connectivity index (χ0n) is 15.5. The molecule has 0 bridgehead atoms. The number of aliphatic hydroxyl groups excluding tert-OH is 1. The van der Waals surface area contributed by atoms with Crippen LogP contribution in [0.2, 0.25) is 0 Å². The second kappa shape index (κ2) is 6.52. The molecular formula is C20H34O. The molecule has 0 saturated carbocycles. The molecule has 0 amide bonds. The lowest BCUT2D eigenvalue weighted by Crippen LogP contribution is -2.15. The van der Waals surface area contributed by atoms with E-state index < -0.39 is 0 Å². The van der Waals surface area contributed by atoms with Gasteiger partial charge in [0.2, 0.25) is 0 Å². The highest BCUT2D eigenvalue weighted by Gasteiger charge is 2.22. The van der Waals surface area contributed by atoms with Gasteiger partial charge in [0.25, 0.3) is 0 Å². The molecule has 0 spiro atoms. The van der Waals surface area contributed by atoms with Crippen molar-refractivity contribution in [1.29, 1.82) is 0 Å². The van der Waals surface area contributed by atoms with Crippen LogP contribution in [-0.4, -0.2) is 5.11 Å². The minimum absolute atomic E-state index is 0.322. The smallest absolute Gasteiger partial charge is 0.0797 e. The molecule has 0 aromatic heterocycles. The lowest BCUT2D eigenvalue weighted by Gasteiger charge is -2.27. The third-order valence-corrected chi connectivity index (χ3v) is 4.98. The van der Waals surface area contributed by atoms with Crippen molar-refractivity contribution in [3.05, 3.63) is 33.4 Å². The largest absolute Gasteiger partial charge is 0.388 e. The Bertz CT molecular complexity index is 477. The number of hydrogen-bond acceptors (Lipinski definition) is 1. The average Bonchev–Trinajstić information content (AvgIpc) is 2.31. The summed E-state index contributed by atoms with van der Waals surface area (Å²) >= 11 is 0. The van der Waals surface area contributed by atoms with Crippen LogP contribution in [0.4, 0.5) is 0 Å². The van der Waals surface area contributed by atoms with Crippen LogP contribution in [0.1, 0.15) is 80.0 Å². The second-order valence-corrected chi connectivity index (χ2v) is 8.16. The first kappa shape index (κ1) is 18.2. The normalized spacial score (nSPS) is 15.1. The Hall–Kier alpha value is -0.820. The fourth-order valence-corrected chi connectivity index (χ4v) is 3.66. The highest BCUT2D eigenvalue weighted by atomic mass is 16.3. The van der Waals surface area contributed by atoms with E-state index in [4.69, 9.17) is 0 Å². The van der Waals surface area contributed by atoms with Gasteiger partial charge >= 0.3 is 0 Å². The minimum atomic E-state index is -0.347. The molecule has 0 saturated heterocycles. The monoisotopic (exact) mass is 290 g/mol. The van der Waals surface area contributed by atoms with Crippen molar-refractivity contribution in [2.75, 3.05) is 0 Å². The molecule has 0 heterocycles. The SMILES string of the molecule is Cc1c(C)c(C)c(C(O)CC(C)CC(C)(C)C)c(C)c1C. The first-order chi connectivity index (χ1) is 9.45. The van der Waals surface area contributed by atoms with Crippen LogP contribution < -0.4 is 0 Å². The molecule has 120 valence electrons. The highest BCUT2D eigenvalue weighted by Crippen LogP contribution is 2.35. The van der Waals surface area contributed by atoms with Crippen molar-refractivity contribution in [3.63, 3.8) is 0 Å². The summed E-state index contributed by atoms with van der Waals surface area (Å²) in [7, 11) is 0.